The number of aliphatic hydroxyl groups excluding tert-OH is 1. The summed E-state index contributed by atoms with van der Waals surface area (Å²) in [5.74, 6) is 0.541. The topological polar surface area (TPSA) is 45.6 Å². The molecule has 0 aromatic carbocycles. The summed E-state index contributed by atoms with van der Waals surface area (Å²) >= 11 is 0. The van der Waals surface area contributed by atoms with E-state index in [1.165, 1.54) is 6.07 Å². The van der Waals surface area contributed by atoms with Crippen LogP contribution >= 0.6 is 0 Å². The largest absolute Gasteiger partial charge is 0.433 e. The van der Waals surface area contributed by atoms with Crippen LogP contribution in [0, 0.1) is 11.3 Å². The summed E-state index contributed by atoms with van der Waals surface area (Å²) in [6, 6.07) is 3.92. The molecule has 0 unspecified atom stereocenters. The summed E-state index contributed by atoms with van der Waals surface area (Å²) < 4.78 is 43.7. The van der Waals surface area contributed by atoms with Gasteiger partial charge in [-0.15, -0.1) is 0 Å². The monoisotopic (exact) mass is 302 g/mol. The van der Waals surface area contributed by atoms with Crippen molar-refractivity contribution in [1.29, 1.82) is 0 Å². The fraction of sp³-hybridized carbons (Fsp3) is 0.643. The lowest BCUT2D eigenvalue weighted by Crippen LogP contribution is -2.43. The predicted molar refractivity (Wildman–Crippen MR) is 69.9 cm³/mol. The Balaban J connectivity index is 1.86. The molecule has 3 rings (SSSR count). The van der Waals surface area contributed by atoms with E-state index in [9.17, 15) is 18.3 Å². The molecule has 1 N–H and O–H groups in total. The normalized spacial score (nSPS) is 29.5. The summed E-state index contributed by atoms with van der Waals surface area (Å²) in [5, 5.41) is 9.69. The molecule has 2 saturated heterocycles. The van der Waals surface area contributed by atoms with Crippen LogP contribution in [-0.2, 0) is 10.9 Å². The van der Waals surface area contributed by atoms with Gasteiger partial charge in [-0.25, -0.2) is 4.98 Å². The smallest absolute Gasteiger partial charge is 0.396 e. The lowest BCUT2D eigenvalue weighted by Gasteiger charge is -2.36. The first-order valence-electron chi connectivity index (χ1n) is 6.92. The van der Waals surface area contributed by atoms with Gasteiger partial charge in [0.2, 0.25) is 0 Å². The van der Waals surface area contributed by atoms with Crippen LogP contribution in [0.1, 0.15) is 12.1 Å². The Morgan fingerprint density at radius 3 is 2.90 bits per heavy atom. The van der Waals surface area contributed by atoms with Crippen molar-refractivity contribution in [2.24, 2.45) is 11.3 Å². The summed E-state index contributed by atoms with van der Waals surface area (Å²) in [6.45, 7) is 2.15. The number of nitrogens with zero attached hydrogens (tertiary/aromatic N) is 2. The van der Waals surface area contributed by atoms with Crippen LogP contribution < -0.4 is 4.90 Å². The van der Waals surface area contributed by atoms with Crippen molar-refractivity contribution < 1.29 is 23.0 Å². The fourth-order valence-electron chi connectivity index (χ4n) is 3.25. The van der Waals surface area contributed by atoms with Crippen molar-refractivity contribution >= 4 is 5.82 Å². The van der Waals surface area contributed by atoms with E-state index < -0.39 is 11.9 Å². The second-order valence-corrected chi connectivity index (χ2v) is 5.82. The van der Waals surface area contributed by atoms with Crippen LogP contribution in [0.2, 0.25) is 0 Å². The zero-order chi connectivity index (χ0) is 15.1. The fourth-order valence-corrected chi connectivity index (χ4v) is 3.25. The molecule has 0 amide bonds. The number of aliphatic hydroxyl groups is 1. The third kappa shape index (κ3) is 2.60. The summed E-state index contributed by atoms with van der Waals surface area (Å²) in [6.07, 6.45) is -3.63. The maximum absolute atomic E-state index is 12.8. The van der Waals surface area contributed by atoms with Crippen LogP contribution in [0.4, 0.5) is 19.0 Å². The molecule has 3 heterocycles. The van der Waals surface area contributed by atoms with Gasteiger partial charge in [-0.1, -0.05) is 6.07 Å². The van der Waals surface area contributed by atoms with Gasteiger partial charge in [-0.05, 0) is 24.5 Å². The van der Waals surface area contributed by atoms with E-state index in [0.717, 1.165) is 12.5 Å². The number of rotatable bonds is 2. The van der Waals surface area contributed by atoms with E-state index in [4.69, 9.17) is 4.74 Å². The molecular weight excluding hydrogens is 285 g/mol. The second-order valence-electron chi connectivity index (χ2n) is 5.82. The Morgan fingerprint density at radius 2 is 2.24 bits per heavy atom. The van der Waals surface area contributed by atoms with Gasteiger partial charge < -0.3 is 14.7 Å². The number of aromatic nitrogens is 1. The Kier molecular flexibility index (Phi) is 3.57. The molecule has 21 heavy (non-hydrogen) atoms. The SMILES string of the molecule is OC[C@]12COCC[C@H]1CN(c1cccc(C(F)(F)F)n1)C2. The number of anilines is 1. The van der Waals surface area contributed by atoms with E-state index in [0.29, 0.717) is 32.1 Å². The number of hydrogen-bond donors (Lipinski definition) is 1. The van der Waals surface area contributed by atoms with Crippen LogP contribution in [0.5, 0.6) is 0 Å². The van der Waals surface area contributed by atoms with Crippen LogP contribution in [0.25, 0.3) is 0 Å². The average molecular weight is 302 g/mol. The molecule has 0 radical (unpaired) electrons. The molecule has 1 aromatic heterocycles. The van der Waals surface area contributed by atoms with Crippen molar-refractivity contribution in [3.05, 3.63) is 23.9 Å². The van der Waals surface area contributed by atoms with Gasteiger partial charge in [0, 0.05) is 25.1 Å². The van der Waals surface area contributed by atoms with Gasteiger partial charge in [0.25, 0.3) is 0 Å². The quantitative estimate of drug-likeness (QED) is 0.907. The zero-order valence-electron chi connectivity index (χ0n) is 11.4. The van der Waals surface area contributed by atoms with Crippen molar-refractivity contribution in [3.8, 4) is 0 Å². The van der Waals surface area contributed by atoms with Gasteiger partial charge in [-0.3, -0.25) is 0 Å². The van der Waals surface area contributed by atoms with Gasteiger partial charge >= 0.3 is 6.18 Å². The number of pyridine rings is 1. The van der Waals surface area contributed by atoms with Gasteiger partial charge in [0.1, 0.15) is 11.5 Å². The zero-order valence-corrected chi connectivity index (χ0v) is 11.4. The molecule has 0 aliphatic carbocycles. The Hall–Kier alpha value is -1.34. The lowest BCUT2D eigenvalue weighted by molar-refractivity contribution is -0.141. The number of ether oxygens (including phenoxy) is 1. The highest BCUT2D eigenvalue weighted by atomic mass is 19.4. The summed E-state index contributed by atoms with van der Waals surface area (Å²) in [5.41, 5.74) is -1.27. The molecule has 116 valence electrons. The second kappa shape index (κ2) is 5.14. The molecule has 2 atom stereocenters. The third-order valence-corrected chi connectivity index (χ3v) is 4.48. The molecule has 4 nitrogen and oxygen atoms in total. The van der Waals surface area contributed by atoms with Gasteiger partial charge in [0.05, 0.1) is 13.2 Å². The molecule has 2 fully saturated rings. The van der Waals surface area contributed by atoms with Crippen LogP contribution in [0.3, 0.4) is 0 Å². The number of halogens is 3. The number of alkyl halides is 3. The molecule has 1 aromatic rings. The van der Waals surface area contributed by atoms with Gasteiger partial charge in [-0.2, -0.15) is 13.2 Å². The van der Waals surface area contributed by atoms with Crippen molar-refractivity contribution in [2.45, 2.75) is 12.6 Å². The minimum Gasteiger partial charge on any atom is -0.396 e. The molecular formula is C14H17F3N2O2. The molecule has 2 aliphatic rings. The van der Waals surface area contributed by atoms with Crippen molar-refractivity contribution in [1.82, 2.24) is 4.98 Å². The molecule has 7 heteroatoms. The van der Waals surface area contributed by atoms with Crippen LogP contribution in [0.15, 0.2) is 18.2 Å². The Morgan fingerprint density at radius 1 is 1.43 bits per heavy atom. The maximum Gasteiger partial charge on any atom is 0.433 e. The summed E-state index contributed by atoms with van der Waals surface area (Å²) in [4.78, 5) is 5.55. The minimum absolute atomic E-state index is 0.0207. The van der Waals surface area contributed by atoms with E-state index in [1.807, 2.05) is 4.90 Å². The highest BCUT2D eigenvalue weighted by Crippen LogP contribution is 2.42. The van der Waals surface area contributed by atoms with E-state index in [1.54, 1.807) is 6.07 Å². The Labute approximate surface area is 120 Å². The first kappa shape index (κ1) is 14.6. The van der Waals surface area contributed by atoms with E-state index in [-0.39, 0.29) is 17.9 Å². The lowest BCUT2D eigenvalue weighted by atomic mass is 9.76. The van der Waals surface area contributed by atoms with E-state index >= 15 is 0 Å². The molecule has 2 aliphatic heterocycles. The first-order valence-corrected chi connectivity index (χ1v) is 6.92. The maximum atomic E-state index is 12.8. The average Bonchev–Trinajstić information content (AvgIpc) is 2.86. The third-order valence-electron chi connectivity index (χ3n) is 4.48. The van der Waals surface area contributed by atoms with Crippen molar-refractivity contribution in [2.75, 3.05) is 37.8 Å². The van der Waals surface area contributed by atoms with Crippen LogP contribution in [-0.4, -0.2) is 43.0 Å². The standard InChI is InChI=1S/C14H17F3N2O2/c15-14(16,17)11-2-1-3-12(18-11)19-6-10-4-5-21-9-13(10,7-19)8-20/h1-3,10,20H,4-9H2/t10-,13+/m0/s1. The highest BCUT2D eigenvalue weighted by Gasteiger charge is 2.48. The first-order chi connectivity index (χ1) is 9.94. The van der Waals surface area contributed by atoms with E-state index in [2.05, 4.69) is 4.98 Å². The number of fused-ring (bicyclic) bond motifs is 1. The predicted octanol–water partition coefficient (Wildman–Crippen LogP) is 1.94. The van der Waals surface area contributed by atoms with Crippen molar-refractivity contribution in [3.63, 3.8) is 0 Å². The molecule has 0 bridgehead atoms. The number of hydrogen-bond acceptors (Lipinski definition) is 4. The minimum atomic E-state index is -4.44. The highest BCUT2D eigenvalue weighted by molar-refractivity contribution is 5.42. The summed E-state index contributed by atoms with van der Waals surface area (Å²) in [7, 11) is 0. The Bertz CT molecular complexity index is 523. The molecule has 0 spiro atoms. The van der Waals surface area contributed by atoms with Gasteiger partial charge in [0.15, 0.2) is 0 Å². The molecule has 0 saturated carbocycles.